The summed E-state index contributed by atoms with van der Waals surface area (Å²) >= 11 is 0. The largest absolute Gasteiger partial charge is 0.490 e. The molecule has 5 heteroatoms. The van der Waals surface area contributed by atoms with Crippen LogP contribution in [0, 0.1) is 10.1 Å². The highest BCUT2D eigenvalue weighted by Crippen LogP contribution is 2.40. The first kappa shape index (κ1) is 9.76. The van der Waals surface area contributed by atoms with Crippen LogP contribution >= 0.6 is 0 Å². The van der Waals surface area contributed by atoms with Crippen molar-refractivity contribution >= 4 is 11.4 Å². The van der Waals surface area contributed by atoms with Crippen LogP contribution in [0.4, 0.5) is 11.4 Å². The van der Waals surface area contributed by atoms with Gasteiger partial charge in [0.2, 0.25) is 5.75 Å². The van der Waals surface area contributed by atoms with Gasteiger partial charge >= 0.3 is 5.69 Å². The first-order valence-electron chi connectivity index (χ1n) is 4.70. The third-order valence-corrected chi connectivity index (χ3v) is 2.72. The fraction of sp³-hybridized carbons (Fsp3) is 0.400. The second-order valence-electron chi connectivity index (χ2n) is 3.54. The Morgan fingerprint density at radius 1 is 1.53 bits per heavy atom. The average molecular weight is 208 g/mol. The van der Waals surface area contributed by atoms with Crippen molar-refractivity contribution in [3.63, 3.8) is 0 Å². The van der Waals surface area contributed by atoms with Crippen LogP contribution in [-0.2, 0) is 6.42 Å². The highest BCUT2D eigenvalue weighted by atomic mass is 16.6. The SMILES string of the molecule is COc1c([N+](=O)[O-])ccc2c1CCN2C. The minimum Gasteiger partial charge on any atom is -0.490 e. The molecule has 0 saturated carbocycles. The molecule has 0 atom stereocenters. The monoisotopic (exact) mass is 208 g/mol. The molecule has 1 aliphatic rings. The van der Waals surface area contributed by atoms with Crippen LogP contribution in [0.1, 0.15) is 5.56 Å². The lowest BCUT2D eigenvalue weighted by atomic mass is 10.1. The number of ether oxygens (including phenoxy) is 1. The summed E-state index contributed by atoms with van der Waals surface area (Å²) < 4.78 is 5.13. The number of anilines is 1. The van der Waals surface area contributed by atoms with Gasteiger partial charge in [-0.05, 0) is 12.5 Å². The molecule has 0 fully saturated rings. The zero-order valence-corrected chi connectivity index (χ0v) is 8.69. The first-order valence-corrected chi connectivity index (χ1v) is 4.70. The lowest BCUT2D eigenvalue weighted by molar-refractivity contribution is -0.385. The highest BCUT2D eigenvalue weighted by molar-refractivity contribution is 5.69. The maximum atomic E-state index is 10.8. The van der Waals surface area contributed by atoms with Gasteiger partial charge in [-0.15, -0.1) is 0 Å². The lowest BCUT2D eigenvalue weighted by Gasteiger charge is -2.12. The number of rotatable bonds is 2. The molecule has 1 aliphatic heterocycles. The molecule has 0 spiro atoms. The van der Waals surface area contributed by atoms with Gasteiger partial charge in [-0.25, -0.2) is 0 Å². The zero-order chi connectivity index (χ0) is 11.0. The van der Waals surface area contributed by atoms with Crippen molar-refractivity contribution in [3.8, 4) is 5.75 Å². The number of methoxy groups -OCH3 is 1. The normalized spacial score (nSPS) is 13.9. The second-order valence-corrected chi connectivity index (χ2v) is 3.54. The van der Waals surface area contributed by atoms with Gasteiger partial charge in [-0.1, -0.05) is 0 Å². The van der Waals surface area contributed by atoms with E-state index in [1.54, 1.807) is 6.07 Å². The van der Waals surface area contributed by atoms with Gasteiger partial charge in [0.25, 0.3) is 0 Å². The first-order chi connectivity index (χ1) is 7.15. The summed E-state index contributed by atoms with van der Waals surface area (Å²) in [5.74, 6) is 0.404. The maximum Gasteiger partial charge on any atom is 0.311 e. The van der Waals surface area contributed by atoms with Crippen molar-refractivity contribution in [2.45, 2.75) is 6.42 Å². The molecule has 1 aromatic carbocycles. The van der Waals surface area contributed by atoms with E-state index in [0.29, 0.717) is 5.75 Å². The van der Waals surface area contributed by atoms with Crippen LogP contribution in [0.5, 0.6) is 5.75 Å². The number of nitrogens with zero attached hydrogens (tertiary/aromatic N) is 2. The van der Waals surface area contributed by atoms with Crippen LogP contribution in [0.3, 0.4) is 0 Å². The summed E-state index contributed by atoms with van der Waals surface area (Å²) in [4.78, 5) is 12.4. The van der Waals surface area contributed by atoms with Crippen LogP contribution in [-0.4, -0.2) is 25.6 Å². The summed E-state index contributed by atoms with van der Waals surface area (Å²) in [6.07, 6.45) is 0.802. The van der Waals surface area contributed by atoms with Gasteiger partial charge in [0, 0.05) is 30.9 Å². The van der Waals surface area contributed by atoms with E-state index in [0.717, 1.165) is 24.2 Å². The maximum absolute atomic E-state index is 10.8. The summed E-state index contributed by atoms with van der Waals surface area (Å²) in [7, 11) is 3.44. The molecule has 0 aliphatic carbocycles. The van der Waals surface area contributed by atoms with E-state index in [1.165, 1.54) is 13.2 Å². The molecule has 5 nitrogen and oxygen atoms in total. The van der Waals surface area contributed by atoms with E-state index in [-0.39, 0.29) is 5.69 Å². The molecule has 1 aromatic rings. The average Bonchev–Trinajstić information content (AvgIpc) is 2.59. The van der Waals surface area contributed by atoms with Crippen LogP contribution in [0.2, 0.25) is 0 Å². The number of likely N-dealkylation sites (N-methyl/N-ethyl adjacent to an activating group) is 1. The van der Waals surface area contributed by atoms with Crippen molar-refractivity contribution in [2.24, 2.45) is 0 Å². The Bertz CT molecular complexity index is 417. The van der Waals surface area contributed by atoms with E-state index < -0.39 is 4.92 Å². The fourth-order valence-electron chi connectivity index (χ4n) is 1.98. The summed E-state index contributed by atoms with van der Waals surface area (Å²) in [5.41, 5.74) is 2.01. The van der Waals surface area contributed by atoms with Crippen LogP contribution in [0.25, 0.3) is 0 Å². The summed E-state index contributed by atoms with van der Waals surface area (Å²) in [6, 6.07) is 3.28. The van der Waals surface area contributed by atoms with Crippen LogP contribution < -0.4 is 9.64 Å². The molecule has 0 bridgehead atoms. The number of nitro groups is 1. The Balaban J connectivity index is 2.60. The highest BCUT2D eigenvalue weighted by Gasteiger charge is 2.26. The van der Waals surface area contributed by atoms with E-state index in [1.807, 2.05) is 7.05 Å². The van der Waals surface area contributed by atoms with E-state index in [2.05, 4.69) is 4.90 Å². The Kier molecular flexibility index (Phi) is 2.22. The Labute approximate surface area is 87.4 Å². The second kappa shape index (κ2) is 3.42. The molecular weight excluding hydrogens is 196 g/mol. The predicted octanol–water partition coefficient (Wildman–Crippen LogP) is 1.60. The number of benzene rings is 1. The number of fused-ring (bicyclic) bond motifs is 1. The molecule has 0 aromatic heterocycles. The topological polar surface area (TPSA) is 55.6 Å². The van der Waals surface area contributed by atoms with Crippen molar-refractivity contribution in [3.05, 3.63) is 27.8 Å². The van der Waals surface area contributed by atoms with Crippen molar-refractivity contribution in [2.75, 3.05) is 25.6 Å². The minimum atomic E-state index is -0.405. The van der Waals surface area contributed by atoms with Gasteiger partial charge in [0.05, 0.1) is 12.0 Å². The standard InChI is InChI=1S/C10H12N2O3/c1-11-6-5-7-8(11)3-4-9(12(13)14)10(7)15-2/h3-4H,5-6H2,1-2H3. The van der Waals surface area contributed by atoms with Gasteiger partial charge in [-0.3, -0.25) is 10.1 Å². The Morgan fingerprint density at radius 3 is 2.87 bits per heavy atom. The van der Waals surface area contributed by atoms with Crippen molar-refractivity contribution in [1.29, 1.82) is 0 Å². The fourth-order valence-corrected chi connectivity index (χ4v) is 1.98. The van der Waals surface area contributed by atoms with E-state index in [9.17, 15) is 10.1 Å². The summed E-state index contributed by atoms with van der Waals surface area (Å²) in [6.45, 7) is 0.882. The van der Waals surface area contributed by atoms with Crippen molar-refractivity contribution < 1.29 is 9.66 Å². The Morgan fingerprint density at radius 2 is 2.27 bits per heavy atom. The number of hydrogen-bond acceptors (Lipinski definition) is 4. The molecule has 0 N–H and O–H groups in total. The molecule has 80 valence electrons. The molecule has 0 saturated heterocycles. The molecule has 0 unspecified atom stereocenters. The van der Waals surface area contributed by atoms with Gasteiger partial charge < -0.3 is 9.64 Å². The lowest BCUT2D eigenvalue weighted by Crippen LogP contribution is -2.12. The Hall–Kier alpha value is -1.78. The molecular formula is C10H12N2O3. The smallest absolute Gasteiger partial charge is 0.311 e. The number of nitro benzene ring substituents is 1. The third kappa shape index (κ3) is 1.40. The van der Waals surface area contributed by atoms with Crippen LogP contribution in [0.15, 0.2) is 12.1 Å². The van der Waals surface area contributed by atoms with E-state index in [4.69, 9.17) is 4.74 Å². The van der Waals surface area contributed by atoms with Crippen molar-refractivity contribution in [1.82, 2.24) is 0 Å². The molecule has 0 radical (unpaired) electrons. The van der Waals surface area contributed by atoms with Gasteiger partial charge in [0.1, 0.15) is 0 Å². The number of hydrogen-bond donors (Lipinski definition) is 0. The predicted molar refractivity (Wildman–Crippen MR) is 56.6 cm³/mol. The van der Waals surface area contributed by atoms with Gasteiger partial charge in [0.15, 0.2) is 0 Å². The molecule has 0 amide bonds. The van der Waals surface area contributed by atoms with E-state index >= 15 is 0 Å². The molecule has 15 heavy (non-hydrogen) atoms. The molecule has 1 heterocycles. The van der Waals surface area contributed by atoms with Gasteiger partial charge in [-0.2, -0.15) is 0 Å². The zero-order valence-electron chi connectivity index (χ0n) is 8.69. The quantitative estimate of drug-likeness (QED) is 0.547. The third-order valence-electron chi connectivity index (χ3n) is 2.72. The summed E-state index contributed by atoms with van der Waals surface area (Å²) in [5, 5.41) is 10.8. The minimum absolute atomic E-state index is 0.0477. The molecule has 2 rings (SSSR count).